The molecule has 1 fully saturated rings. The van der Waals surface area contributed by atoms with Gasteiger partial charge in [-0.3, -0.25) is 9.88 Å². The van der Waals surface area contributed by atoms with E-state index in [1.54, 1.807) is 0 Å². The van der Waals surface area contributed by atoms with Crippen LogP contribution >= 0.6 is 11.8 Å². The van der Waals surface area contributed by atoms with Crippen molar-refractivity contribution in [2.24, 2.45) is 0 Å². The van der Waals surface area contributed by atoms with Gasteiger partial charge in [0.15, 0.2) is 0 Å². The highest BCUT2D eigenvalue weighted by Gasteiger charge is 2.19. The Bertz CT molecular complexity index is 603. The zero-order valence-electron chi connectivity index (χ0n) is 13.5. The highest BCUT2D eigenvalue weighted by Crippen LogP contribution is 2.27. The number of rotatable bonds is 5. The summed E-state index contributed by atoms with van der Waals surface area (Å²) in [7, 11) is 0. The lowest BCUT2D eigenvalue weighted by Gasteiger charge is -2.24. The Hall–Kier alpha value is -1.32. The van der Waals surface area contributed by atoms with Crippen LogP contribution in [-0.4, -0.2) is 29.2 Å². The van der Waals surface area contributed by atoms with Crippen molar-refractivity contribution in [2.45, 2.75) is 31.6 Å². The van der Waals surface area contributed by atoms with Crippen LogP contribution in [0.1, 0.15) is 36.9 Å². The van der Waals surface area contributed by atoms with Crippen LogP contribution in [0.4, 0.5) is 0 Å². The lowest BCUT2D eigenvalue weighted by Crippen LogP contribution is -2.23. The van der Waals surface area contributed by atoms with Crippen molar-refractivity contribution in [3.8, 4) is 11.3 Å². The van der Waals surface area contributed by atoms with Crippen LogP contribution in [-0.2, 0) is 5.75 Å². The number of likely N-dealkylation sites (tertiary alicyclic amines) is 1. The van der Waals surface area contributed by atoms with Gasteiger partial charge in [-0.05, 0) is 62.4 Å². The minimum atomic E-state index is 0.498. The van der Waals surface area contributed by atoms with Gasteiger partial charge in [-0.2, -0.15) is 11.8 Å². The lowest BCUT2D eigenvalue weighted by atomic mass is 10.0. The molecule has 2 heterocycles. The van der Waals surface area contributed by atoms with Crippen molar-refractivity contribution in [1.82, 2.24) is 9.88 Å². The number of benzene rings is 1. The van der Waals surface area contributed by atoms with Crippen molar-refractivity contribution in [3.05, 3.63) is 53.7 Å². The van der Waals surface area contributed by atoms with Crippen LogP contribution in [0, 0.1) is 0 Å². The molecule has 2 nitrogen and oxygen atoms in total. The maximum Gasteiger partial charge on any atom is 0.0702 e. The molecule has 2 aromatic rings. The normalized spacial score (nSPS) is 16.8. The molecule has 0 spiro atoms. The fourth-order valence-corrected chi connectivity index (χ4v) is 3.65. The summed E-state index contributed by atoms with van der Waals surface area (Å²) in [6.45, 7) is 4.78. The third-order valence-electron chi connectivity index (χ3n) is 4.49. The minimum absolute atomic E-state index is 0.498. The Labute approximate surface area is 138 Å². The molecule has 1 aromatic carbocycles. The molecular weight excluding hydrogens is 288 g/mol. The van der Waals surface area contributed by atoms with Gasteiger partial charge in [0.25, 0.3) is 0 Å². The van der Waals surface area contributed by atoms with Crippen LogP contribution in [0.3, 0.4) is 0 Å². The van der Waals surface area contributed by atoms with E-state index in [1.165, 1.54) is 42.6 Å². The van der Waals surface area contributed by atoms with E-state index in [1.807, 2.05) is 18.0 Å². The molecule has 1 aromatic heterocycles. The van der Waals surface area contributed by atoms with Gasteiger partial charge >= 0.3 is 0 Å². The quantitative estimate of drug-likeness (QED) is 0.791. The Kier molecular flexibility index (Phi) is 5.16. The van der Waals surface area contributed by atoms with Crippen LogP contribution < -0.4 is 0 Å². The molecular formula is C19H24N2S. The molecule has 0 amide bonds. The molecule has 1 aliphatic rings. The summed E-state index contributed by atoms with van der Waals surface area (Å²) in [5, 5.41) is 0. The van der Waals surface area contributed by atoms with E-state index in [2.05, 4.69) is 59.5 Å². The first-order valence-corrected chi connectivity index (χ1v) is 9.45. The van der Waals surface area contributed by atoms with Gasteiger partial charge in [0.2, 0.25) is 0 Å². The van der Waals surface area contributed by atoms with Gasteiger partial charge < -0.3 is 0 Å². The molecule has 0 N–H and O–H groups in total. The van der Waals surface area contributed by atoms with E-state index >= 15 is 0 Å². The van der Waals surface area contributed by atoms with Crippen molar-refractivity contribution >= 4 is 11.8 Å². The summed E-state index contributed by atoms with van der Waals surface area (Å²) in [5.74, 6) is 1.03. The second-order valence-corrected chi connectivity index (χ2v) is 6.90. The first-order valence-electron chi connectivity index (χ1n) is 8.06. The monoisotopic (exact) mass is 312 g/mol. The highest BCUT2D eigenvalue weighted by molar-refractivity contribution is 7.97. The highest BCUT2D eigenvalue weighted by atomic mass is 32.2. The average molecular weight is 312 g/mol. The van der Waals surface area contributed by atoms with Gasteiger partial charge in [0.05, 0.1) is 5.69 Å². The first kappa shape index (κ1) is 15.6. The molecule has 22 heavy (non-hydrogen) atoms. The van der Waals surface area contributed by atoms with Crippen LogP contribution in [0.2, 0.25) is 0 Å². The van der Waals surface area contributed by atoms with E-state index in [0.717, 1.165) is 11.4 Å². The Morgan fingerprint density at radius 1 is 1.18 bits per heavy atom. The number of hydrogen-bond acceptors (Lipinski definition) is 3. The van der Waals surface area contributed by atoms with Crippen molar-refractivity contribution in [2.75, 3.05) is 19.3 Å². The minimum Gasteiger partial charge on any atom is -0.297 e. The molecule has 0 saturated carbocycles. The first-order chi connectivity index (χ1) is 10.8. The topological polar surface area (TPSA) is 16.1 Å². The van der Waals surface area contributed by atoms with Crippen molar-refractivity contribution < 1.29 is 0 Å². The standard InChI is InChI=1S/C19H24N2S/c1-15(21-10-3-4-11-21)17-6-5-7-18(12-17)19-9-8-16(13-20-19)14-22-2/h5-9,12-13,15H,3-4,10-11,14H2,1-2H3/t15-/m0/s1. The number of hydrogen-bond donors (Lipinski definition) is 0. The van der Waals surface area contributed by atoms with Crippen molar-refractivity contribution in [1.29, 1.82) is 0 Å². The van der Waals surface area contributed by atoms with E-state index in [9.17, 15) is 0 Å². The number of nitrogens with zero attached hydrogens (tertiary/aromatic N) is 2. The van der Waals surface area contributed by atoms with Crippen LogP contribution in [0.5, 0.6) is 0 Å². The zero-order valence-corrected chi connectivity index (χ0v) is 14.3. The molecule has 3 rings (SSSR count). The van der Waals surface area contributed by atoms with Gasteiger partial charge in [-0.1, -0.05) is 24.3 Å². The van der Waals surface area contributed by atoms with E-state index in [-0.39, 0.29) is 0 Å². The van der Waals surface area contributed by atoms with E-state index in [4.69, 9.17) is 0 Å². The third kappa shape index (κ3) is 3.53. The second-order valence-electron chi connectivity index (χ2n) is 6.03. The molecule has 1 aliphatic heterocycles. The zero-order chi connectivity index (χ0) is 15.4. The number of pyridine rings is 1. The molecule has 0 bridgehead atoms. The summed E-state index contributed by atoms with van der Waals surface area (Å²) < 4.78 is 0. The van der Waals surface area contributed by atoms with Gasteiger partial charge in [0.1, 0.15) is 0 Å². The molecule has 116 valence electrons. The molecule has 1 atom stereocenters. The summed E-state index contributed by atoms with van der Waals surface area (Å²) in [5.41, 5.74) is 4.98. The third-order valence-corrected chi connectivity index (χ3v) is 5.11. The second kappa shape index (κ2) is 7.30. The Morgan fingerprint density at radius 2 is 2.00 bits per heavy atom. The molecule has 0 radical (unpaired) electrons. The van der Waals surface area contributed by atoms with Gasteiger partial charge in [0, 0.05) is 23.6 Å². The smallest absolute Gasteiger partial charge is 0.0702 e. The summed E-state index contributed by atoms with van der Waals surface area (Å²) in [6.07, 6.45) is 6.80. The number of aromatic nitrogens is 1. The fourth-order valence-electron chi connectivity index (χ4n) is 3.14. The fraction of sp³-hybridized carbons (Fsp3) is 0.421. The van der Waals surface area contributed by atoms with Gasteiger partial charge in [-0.25, -0.2) is 0 Å². The molecule has 0 aliphatic carbocycles. The summed E-state index contributed by atoms with van der Waals surface area (Å²) in [6, 6.07) is 13.7. The van der Waals surface area contributed by atoms with Crippen LogP contribution in [0.25, 0.3) is 11.3 Å². The molecule has 1 saturated heterocycles. The average Bonchev–Trinajstić information content (AvgIpc) is 3.10. The Morgan fingerprint density at radius 3 is 2.68 bits per heavy atom. The lowest BCUT2D eigenvalue weighted by molar-refractivity contribution is 0.263. The Balaban J connectivity index is 1.80. The number of thioether (sulfide) groups is 1. The largest absolute Gasteiger partial charge is 0.297 e. The summed E-state index contributed by atoms with van der Waals surface area (Å²) >= 11 is 1.83. The van der Waals surface area contributed by atoms with Gasteiger partial charge in [-0.15, -0.1) is 0 Å². The maximum absolute atomic E-state index is 4.64. The molecule has 3 heteroatoms. The maximum atomic E-state index is 4.64. The SMILES string of the molecule is CSCc1ccc(-c2cccc([C@H](C)N3CCCC3)c2)nc1. The predicted octanol–water partition coefficient (Wildman–Crippen LogP) is 4.77. The molecule has 0 unspecified atom stereocenters. The van der Waals surface area contributed by atoms with E-state index < -0.39 is 0 Å². The van der Waals surface area contributed by atoms with Crippen molar-refractivity contribution in [3.63, 3.8) is 0 Å². The summed E-state index contributed by atoms with van der Waals surface area (Å²) in [4.78, 5) is 7.22. The van der Waals surface area contributed by atoms with Crippen LogP contribution in [0.15, 0.2) is 42.6 Å². The predicted molar refractivity (Wildman–Crippen MR) is 96.1 cm³/mol. The van der Waals surface area contributed by atoms with E-state index in [0.29, 0.717) is 6.04 Å².